The number of fused-ring (bicyclic) bond motifs is 2. The van der Waals surface area contributed by atoms with Gasteiger partial charge in [-0.05, 0) is 42.2 Å². The van der Waals surface area contributed by atoms with Gasteiger partial charge in [0.05, 0.1) is 0 Å². The van der Waals surface area contributed by atoms with Gasteiger partial charge in [-0.15, -0.1) is 24.0 Å². The molecule has 1 amide bonds. The quantitative estimate of drug-likeness (QED) is 0.277. The minimum atomic E-state index is 0. The van der Waals surface area contributed by atoms with Crippen LogP contribution in [-0.2, 0) is 10.2 Å². The molecule has 8 heteroatoms. The number of aliphatic imine (C=N–C) groups is 1. The van der Waals surface area contributed by atoms with Crippen molar-refractivity contribution in [2.75, 3.05) is 32.2 Å². The number of carbonyl (C=O) groups excluding carboxylic acids is 1. The van der Waals surface area contributed by atoms with Crippen LogP contribution in [0.5, 0.6) is 11.5 Å². The van der Waals surface area contributed by atoms with Crippen LogP contribution in [-0.4, -0.2) is 38.8 Å². The molecule has 0 spiro atoms. The number of guanidine groups is 1. The minimum Gasteiger partial charge on any atom is -0.454 e. The fourth-order valence-electron chi connectivity index (χ4n) is 5.40. The summed E-state index contributed by atoms with van der Waals surface area (Å²) < 4.78 is 11.2. The maximum absolute atomic E-state index is 12.2. The van der Waals surface area contributed by atoms with Crippen LogP contribution in [0.15, 0.2) is 47.5 Å². The summed E-state index contributed by atoms with van der Waals surface area (Å²) in [5.41, 5.74) is 3.41. The van der Waals surface area contributed by atoms with E-state index in [9.17, 15) is 4.79 Å². The number of ether oxygens (including phenoxy) is 2. The Kier molecular flexibility index (Phi) is 7.85. The van der Waals surface area contributed by atoms with Gasteiger partial charge in [0.2, 0.25) is 12.7 Å². The predicted octanol–water partition coefficient (Wildman–Crippen LogP) is 4.53. The van der Waals surface area contributed by atoms with E-state index in [4.69, 9.17) is 9.47 Å². The molecule has 0 aromatic heterocycles. The van der Waals surface area contributed by atoms with Gasteiger partial charge in [-0.1, -0.05) is 43.5 Å². The van der Waals surface area contributed by atoms with Crippen molar-refractivity contribution < 1.29 is 14.3 Å². The lowest BCUT2D eigenvalue weighted by molar-refractivity contribution is -0.116. The summed E-state index contributed by atoms with van der Waals surface area (Å²) in [4.78, 5) is 16.6. The molecule has 7 nitrogen and oxygen atoms in total. The molecule has 1 aliphatic carbocycles. The van der Waals surface area contributed by atoms with Crippen LogP contribution in [0.3, 0.4) is 0 Å². The van der Waals surface area contributed by atoms with Crippen molar-refractivity contribution in [3.63, 3.8) is 0 Å². The monoisotopic (exact) mass is 576 g/mol. The zero-order chi connectivity index (χ0) is 22.7. The number of nitrogens with one attached hydrogen (secondary N) is 3. The maximum atomic E-state index is 12.2. The zero-order valence-electron chi connectivity index (χ0n) is 19.6. The lowest BCUT2D eigenvalue weighted by atomic mass is 9.69. The van der Waals surface area contributed by atoms with Crippen molar-refractivity contribution in [2.24, 2.45) is 4.99 Å². The average Bonchev–Trinajstić information content (AvgIpc) is 3.32. The Balaban J connectivity index is 0.00000274. The summed E-state index contributed by atoms with van der Waals surface area (Å²) in [5.74, 6) is 2.61. The topological polar surface area (TPSA) is 84.0 Å². The molecule has 2 aromatic carbocycles. The first-order valence-corrected chi connectivity index (χ1v) is 11.9. The van der Waals surface area contributed by atoms with Crippen LogP contribution >= 0.6 is 24.0 Å². The van der Waals surface area contributed by atoms with Crippen molar-refractivity contribution in [3.8, 4) is 11.5 Å². The molecule has 2 heterocycles. The Morgan fingerprint density at radius 2 is 1.88 bits per heavy atom. The summed E-state index contributed by atoms with van der Waals surface area (Å²) in [6, 6.07) is 14.4. The van der Waals surface area contributed by atoms with Gasteiger partial charge in [0.15, 0.2) is 17.5 Å². The van der Waals surface area contributed by atoms with Crippen molar-refractivity contribution in [2.45, 2.75) is 49.9 Å². The predicted molar refractivity (Wildman–Crippen MR) is 145 cm³/mol. The van der Waals surface area contributed by atoms with E-state index in [1.807, 2.05) is 24.3 Å². The summed E-state index contributed by atoms with van der Waals surface area (Å²) in [5, 5.41) is 10.0. The highest BCUT2D eigenvalue weighted by molar-refractivity contribution is 14.0. The van der Waals surface area contributed by atoms with Crippen LogP contribution in [0.4, 0.5) is 5.69 Å². The van der Waals surface area contributed by atoms with E-state index in [-0.39, 0.29) is 41.2 Å². The van der Waals surface area contributed by atoms with E-state index in [1.165, 1.54) is 30.4 Å². The van der Waals surface area contributed by atoms with Gasteiger partial charge in [-0.25, -0.2) is 0 Å². The van der Waals surface area contributed by atoms with E-state index in [0.717, 1.165) is 42.5 Å². The van der Waals surface area contributed by atoms with Gasteiger partial charge in [-0.2, -0.15) is 0 Å². The van der Waals surface area contributed by atoms with Gasteiger partial charge >= 0.3 is 0 Å². The molecule has 5 rings (SSSR count). The molecule has 1 fully saturated rings. The maximum Gasteiger partial charge on any atom is 0.231 e. The second-order valence-corrected chi connectivity index (χ2v) is 9.25. The van der Waals surface area contributed by atoms with Gasteiger partial charge < -0.3 is 25.4 Å². The van der Waals surface area contributed by atoms with Crippen LogP contribution in [0.2, 0.25) is 0 Å². The molecule has 34 heavy (non-hydrogen) atoms. The van der Waals surface area contributed by atoms with Crippen LogP contribution < -0.4 is 25.4 Å². The molecule has 0 radical (unpaired) electrons. The standard InChI is InChI=1S/C26H32N4O3.HI/c1-27-25(28-15-18-13-24(31)30-21-8-4-3-7-20(18)21)29-16-26(11-5-2-6-12-26)19-9-10-22-23(14-19)33-17-32-22;/h3-4,7-10,14,18H,2,5-6,11-13,15-17H2,1H3,(H,30,31)(H2,27,28,29);1H. The van der Waals surface area contributed by atoms with Gasteiger partial charge in [0, 0.05) is 43.6 Å². The highest BCUT2D eigenvalue weighted by Crippen LogP contribution is 2.43. The fraction of sp³-hybridized carbons (Fsp3) is 0.462. The van der Waals surface area contributed by atoms with Crippen LogP contribution in [0, 0.1) is 0 Å². The smallest absolute Gasteiger partial charge is 0.231 e. The summed E-state index contributed by atoms with van der Waals surface area (Å²) in [6.45, 7) is 1.75. The number of hydrogen-bond acceptors (Lipinski definition) is 4. The number of anilines is 1. The van der Waals surface area contributed by atoms with Crippen LogP contribution in [0.1, 0.15) is 55.6 Å². The molecule has 182 valence electrons. The third-order valence-electron chi connectivity index (χ3n) is 7.24. The Labute approximate surface area is 218 Å². The van der Waals surface area contributed by atoms with Crippen molar-refractivity contribution in [3.05, 3.63) is 53.6 Å². The summed E-state index contributed by atoms with van der Waals surface area (Å²) in [7, 11) is 1.80. The number of amides is 1. The SMILES string of the molecule is CN=C(NCC1CC(=O)Nc2ccccc21)NCC1(c2ccc3c(c2)OCO3)CCCCC1.I. The Hall–Kier alpha value is -2.49. The molecular weight excluding hydrogens is 543 g/mol. The van der Waals surface area contributed by atoms with Crippen LogP contribution in [0.25, 0.3) is 0 Å². The van der Waals surface area contributed by atoms with E-state index in [2.05, 4.69) is 39.1 Å². The lowest BCUT2D eigenvalue weighted by Crippen LogP contribution is -2.47. The highest BCUT2D eigenvalue weighted by Gasteiger charge is 2.35. The van der Waals surface area contributed by atoms with Gasteiger partial charge in [0.25, 0.3) is 0 Å². The number of para-hydroxylation sites is 1. The number of nitrogens with zero attached hydrogens (tertiary/aromatic N) is 1. The first kappa shape index (κ1) is 24.6. The molecule has 0 saturated heterocycles. The molecule has 3 N–H and O–H groups in total. The molecule has 2 aromatic rings. The van der Waals surface area contributed by atoms with Crippen molar-refractivity contribution >= 4 is 41.5 Å². The Morgan fingerprint density at radius 1 is 1.09 bits per heavy atom. The molecule has 3 aliphatic rings. The number of halogens is 1. The van der Waals surface area contributed by atoms with E-state index >= 15 is 0 Å². The number of rotatable bonds is 5. The molecule has 1 atom stereocenters. The van der Waals surface area contributed by atoms with Gasteiger partial charge in [0.1, 0.15) is 0 Å². The second kappa shape index (κ2) is 10.8. The summed E-state index contributed by atoms with van der Waals surface area (Å²) >= 11 is 0. The normalized spacial score (nSPS) is 20.6. The average molecular weight is 576 g/mol. The minimum absolute atomic E-state index is 0. The third kappa shape index (κ3) is 5.11. The number of carbonyl (C=O) groups is 1. The highest BCUT2D eigenvalue weighted by atomic mass is 127. The molecular formula is C26H33IN4O3. The molecule has 1 unspecified atom stereocenters. The van der Waals surface area contributed by atoms with Crippen molar-refractivity contribution in [1.82, 2.24) is 10.6 Å². The third-order valence-corrected chi connectivity index (χ3v) is 7.24. The first-order valence-electron chi connectivity index (χ1n) is 11.9. The lowest BCUT2D eigenvalue weighted by Gasteiger charge is -2.38. The largest absolute Gasteiger partial charge is 0.454 e. The van der Waals surface area contributed by atoms with Gasteiger partial charge in [-0.3, -0.25) is 9.79 Å². The fourth-order valence-corrected chi connectivity index (χ4v) is 5.40. The first-order chi connectivity index (χ1) is 16.2. The van der Waals surface area contributed by atoms with E-state index < -0.39 is 0 Å². The molecule has 1 saturated carbocycles. The van der Waals surface area contributed by atoms with E-state index in [1.54, 1.807) is 7.05 Å². The molecule has 2 aliphatic heterocycles. The number of benzene rings is 2. The zero-order valence-corrected chi connectivity index (χ0v) is 21.9. The molecule has 0 bridgehead atoms. The van der Waals surface area contributed by atoms with Crippen molar-refractivity contribution in [1.29, 1.82) is 0 Å². The summed E-state index contributed by atoms with van der Waals surface area (Å²) in [6.07, 6.45) is 6.45. The Morgan fingerprint density at radius 3 is 2.71 bits per heavy atom. The second-order valence-electron chi connectivity index (χ2n) is 9.25. The Bertz CT molecular complexity index is 1050. The number of hydrogen-bond donors (Lipinski definition) is 3. The van der Waals surface area contributed by atoms with E-state index in [0.29, 0.717) is 19.8 Å².